The minimum absolute atomic E-state index is 0.401. The number of hydrogen-bond donors (Lipinski definition) is 0. The molecule has 2 aliphatic carbocycles. The Kier molecular flexibility index (Phi) is 5.05. The van der Waals surface area contributed by atoms with Crippen molar-refractivity contribution in [2.75, 3.05) is 0 Å². The van der Waals surface area contributed by atoms with Gasteiger partial charge in [0.05, 0.1) is 0 Å². The van der Waals surface area contributed by atoms with E-state index in [9.17, 15) is 0 Å². The van der Waals surface area contributed by atoms with Crippen LogP contribution in [0.15, 0.2) is 34.9 Å². The summed E-state index contributed by atoms with van der Waals surface area (Å²) in [6.45, 7) is 19.1. The van der Waals surface area contributed by atoms with Gasteiger partial charge in [0, 0.05) is 0 Å². The molecular formula is C23H38. The minimum atomic E-state index is 0.401. The van der Waals surface area contributed by atoms with Crippen molar-refractivity contribution in [1.29, 1.82) is 0 Å². The first-order valence-corrected chi connectivity index (χ1v) is 9.54. The summed E-state index contributed by atoms with van der Waals surface area (Å²) >= 11 is 0. The van der Waals surface area contributed by atoms with Crippen LogP contribution >= 0.6 is 0 Å². The Labute approximate surface area is 145 Å². The lowest BCUT2D eigenvalue weighted by molar-refractivity contribution is 0.344. The lowest BCUT2D eigenvalue weighted by Gasteiger charge is -2.36. The van der Waals surface area contributed by atoms with Crippen LogP contribution in [0, 0.1) is 22.2 Å². The maximum Gasteiger partial charge on any atom is -0.00866 e. The Balaban J connectivity index is 2.01. The second-order valence-electron chi connectivity index (χ2n) is 9.85. The van der Waals surface area contributed by atoms with Crippen molar-refractivity contribution >= 4 is 0 Å². The Hall–Kier alpha value is -0.780. The van der Waals surface area contributed by atoms with Gasteiger partial charge in [-0.05, 0) is 68.1 Å². The van der Waals surface area contributed by atoms with Gasteiger partial charge in [-0.3, -0.25) is 0 Å². The second kappa shape index (κ2) is 6.26. The largest absolute Gasteiger partial charge is 0.0780 e. The highest BCUT2D eigenvalue weighted by molar-refractivity contribution is 5.26. The third-order valence-electron chi connectivity index (χ3n) is 7.03. The molecule has 0 nitrogen and oxygen atoms in total. The van der Waals surface area contributed by atoms with E-state index in [0.29, 0.717) is 22.2 Å². The molecule has 2 aliphatic rings. The van der Waals surface area contributed by atoms with Gasteiger partial charge in [0.25, 0.3) is 0 Å². The molecule has 0 bridgehead atoms. The smallest absolute Gasteiger partial charge is 0.00866 e. The van der Waals surface area contributed by atoms with Crippen LogP contribution in [-0.2, 0) is 0 Å². The predicted octanol–water partition coefficient (Wildman–Crippen LogP) is 7.48. The molecule has 1 fully saturated rings. The highest BCUT2D eigenvalue weighted by Gasteiger charge is 2.55. The van der Waals surface area contributed by atoms with Crippen LogP contribution in [0.3, 0.4) is 0 Å². The van der Waals surface area contributed by atoms with Crippen molar-refractivity contribution in [3.05, 3.63) is 34.9 Å². The fraction of sp³-hybridized carbons (Fsp3) is 0.739. The Morgan fingerprint density at radius 1 is 1.17 bits per heavy atom. The molecule has 2 rings (SSSR count). The maximum atomic E-state index is 2.44. The Morgan fingerprint density at radius 3 is 2.30 bits per heavy atom. The first-order valence-electron chi connectivity index (χ1n) is 9.54. The van der Waals surface area contributed by atoms with Gasteiger partial charge in [0.15, 0.2) is 0 Å². The lowest BCUT2D eigenvalue weighted by atomic mass is 9.69. The van der Waals surface area contributed by atoms with Crippen LogP contribution in [0.1, 0.15) is 87.5 Å². The highest BCUT2D eigenvalue weighted by atomic mass is 14.6. The molecule has 23 heavy (non-hydrogen) atoms. The third-order valence-corrected chi connectivity index (χ3v) is 7.03. The molecule has 130 valence electrons. The molecule has 1 saturated carbocycles. The summed E-state index contributed by atoms with van der Waals surface area (Å²) in [4.78, 5) is 0. The molecule has 0 saturated heterocycles. The SMILES string of the molecule is CC1=C(CC(C)/C(C)=C/C=C/C2(C)CC2(C)C)C(C)(C)CCC1. The maximum absolute atomic E-state index is 2.44. The van der Waals surface area contributed by atoms with Gasteiger partial charge < -0.3 is 0 Å². The quantitative estimate of drug-likeness (QED) is 0.364. The zero-order valence-electron chi connectivity index (χ0n) is 16.8. The van der Waals surface area contributed by atoms with Gasteiger partial charge in [0.1, 0.15) is 0 Å². The molecule has 2 atom stereocenters. The minimum Gasteiger partial charge on any atom is -0.0780 e. The van der Waals surface area contributed by atoms with Crippen LogP contribution in [0.5, 0.6) is 0 Å². The molecular weight excluding hydrogens is 276 g/mol. The van der Waals surface area contributed by atoms with Crippen molar-refractivity contribution in [1.82, 2.24) is 0 Å². The Bertz CT molecular complexity index is 538. The van der Waals surface area contributed by atoms with Crippen LogP contribution in [0.4, 0.5) is 0 Å². The number of rotatable bonds is 5. The van der Waals surface area contributed by atoms with Gasteiger partial charge in [-0.25, -0.2) is 0 Å². The molecule has 0 amide bonds. The van der Waals surface area contributed by atoms with Gasteiger partial charge in [-0.1, -0.05) is 76.5 Å². The van der Waals surface area contributed by atoms with Crippen LogP contribution < -0.4 is 0 Å². The van der Waals surface area contributed by atoms with E-state index in [4.69, 9.17) is 0 Å². The average Bonchev–Trinajstić information content (AvgIpc) is 2.92. The third kappa shape index (κ3) is 4.01. The first-order chi connectivity index (χ1) is 10.5. The van der Waals surface area contributed by atoms with Gasteiger partial charge in [0.2, 0.25) is 0 Å². The summed E-state index contributed by atoms with van der Waals surface area (Å²) in [5.41, 5.74) is 6.21. The average molecular weight is 315 g/mol. The topological polar surface area (TPSA) is 0 Å². The van der Waals surface area contributed by atoms with E-state index in [0.717, 1.165) is 0 Å². The van der Waals surface area contributed by atoms with E-state index in [1.54, 1.807) is 11.1 Å². The summed E-state index contributed by atoms with van der Waals surface area (Å²) in [6, 6.07) is 0. The molecule has 0 aromatic heterocycles. The standard InChI is InChI=1S/C23H38/c1-17(11-10-14-23(8)16-22(23,6)7)19(3)15-20-18(2)12-9-13-21(20,4)5/h10-11,14,19H,9,12-13,15-16H2,1-8H3/b14-10+,17-11+. The van der Waals surface area contributed by atoms with Crippen molar-refractivity contribution in [2.45, 2.75) is 87.5 Å². The van der Waals surface area contributed by atoms with Crippen molar-refractivity contribution in [2.24, 2.45) is 22.2 Å². The van der Waals surface area contributed by atoms with Gasteiger partial charge >= 0.3 is 0 Å². The van der Waals surface area contributed by atoms with Crippen LogP contribution in [0.25, 0.3) is 0 Å². The second-order valence-corrected chi connectivity index (χ2v) is 9.85. The van der Waals surface area contributed by atoms with E-state index in [1.165, 1.54) is 37.7 Å². The summed E-state index contributed by atoms with van der Waals surface area (Å²) in [5.74, 6) is 0.641. The van der Waals surface area contributed by atoms with Crippen molar-refractivity contribution in [3.63, 3.8) is 0 Å². The van der Waals surface area contributed by atoms with E-state index in [1.807, 2.05) is 0 Å². The van der Waals surface area contributed by atoms with Crippen LogP contribution in [0.2, 0.25) is 0 Å². The Morgan fingerprint density at radius 2 is 1.78 bits per heavy atom. The molecule has 0 aromatic carbocycles. The molecule has 0 spiro atoms. The lowest BCUT2D eigenvalue weighted by Crippen LogP contribution is -2.22. The van der Waals surface area contributed by atoms with E-state index >= 15 is 0 Å². The summed E-state index contributed by atoms with van der Waals surface area (Å²) in [5, 5.41) is 0. The summed E-state index contributed by atoms with van der Waals surface area (Å²) in [7, 11) is 0. The molecule has 0 heteroatoms. The van der Waals surface area contributed by atoms with E-state index in [-0.39, 0.29) is 0 Å². The molecule has 0 aromatic rings. The first kappa shape index (κ1) is 18.6. The summed E-state index contributed by atoms with van der Waals surface area (Å²) < 4.78 is 0. The van der Waals surface area contributed by atoms with Crippen molar-refractivity contribution in [3.8, 4) is 0 Å². The fourth-order valence-corrected chi connectivity index (χ4v) is 4.33. The molecule has 2 unspecified atom stereocenters. The molecule has 0 N–H and O–H groups in total. The number of hydrogen-bond acceptors (Lipinski definition) is 0. The van der Waals surface area contributed by atoms with Gasteiger partial charge in [-0.2, -0.15) is 0 Å². The van der Waals surface area contributed by atoms with Crippen LogP contribution in [-0.4, -0.2) is 0 Å². The molecule has 0 radical (unpaired) electrons. The van der Waals surface area contributed by atoms with Gasteiger partial charge in [-0.15, -0.1) is 0 Å². The molecule has 0 heterocycles. The van der Waals surface area contributed by atoms with E-state index < -0.39 is 0 Å². The zero-order valence-corrected chi connectivity index (χ0v) is 16.8. The highest BCUT2D eigenvalue weighted by Crippen LogP contribution is 2.64. The normalized spacial score (nSPS) is 31.6. The van der Waals surface area contributed by atoms with Crippen molar-refractivity contribution < 1.29 is 0 Å². The molecule has 0 aliphatic heterocycles. The fourth-order valence-electron chi connectivity index (χ4n) is 4.33. The summed E-state index contributed by atoms with van der Waals surface area (Å²) in [6.07, 6.45) is 13.7. The number of allylic oxidation sites excluding steroid dienone is 6. The van der Waals surface area contributed by atoms with E-state index in [2.05, 4.69) is 73.6 Å². The predicted molar refractivity (Wildman–Crippen MR) is 104 cm³/mol. The monoisotopic (exact) mass is 314 g/mol. The zero-order chi connectivity index (χ0) is 17.5.